The maximum atomic E-state index is 5.66. The highest BCUT2D eigenvalue weighted by molar-refractivity contribution is 6.16. The van der Waals surface area contributed by atoms with E-state index in [-0.39, 0.29) is 0 Å². The van der Waals surface area contributed by atoms with Gasteiger partial charge in [0.25, 0.3) is 0 Å². The van der Waals surface area contributed by atoms with Crippen molar-refractivity contribution < 1.29 is 23.5 Å². The van der Waals surface area contributed by atoms with Gasteiger partial charge in [-0.2, -0.15) is 4.57 Å². The van der Waals surface area contributed by atoms with Crippen molar-refractivity contribution in [1.29, 1.82) is 0 Å². The fraction of sp³-hybridized carbons (Fsp3) is 0.208. The van der Waals surface area contributed by atoms with Crippen LogP contribution in [0.3, 0.4) is 0 Å². The van der Waals surface area contributed by atoms with Gasteiger partial charge in [0.15, 0.2) is 29.2 Å². The summed E-state index contributed by atoms with van der Waals surface area (Å²) in [7, 11) is 8.63. The summed E-state index contributed by atoms with van der Waals surface area (Å²) in [6.07, 6.45) is 3.88. The minimum atomic E-state index is 0.676. The van der Waals surface area contributed by atoms with Crippen LogP contribution in [0.5, 0.6) is 23.0 Å². The van der Waals surface area contributed by atoms with Gasteiger partial charge in [0, 0.05) is 10.9 Å². The molecule has 0 N–H and O–H groups in total. The molecule has 0 radical (unpaired) electrons. The van der Waals surface area contributed by atoms with Crippen molar-refractivity contribution >= 4 is 38.5 Å². The number of hydrogen-bond acceptors (Lipinski definition) is 4. The second kappa shape index (κ2) is 7.17. The van der Waals surface area contributed by atoms with Crippen LogP contribution in [0.15, 0.2) is 43.1 Å². The number of methoxy groups -OCH3 is 4. The van der Waals surface area contributed by atoms with Gasteiger partial charge in [-0.3, -0.25) is 0 Å². The van der Waals surface area contributed by atoms with Gasteiger partial charge in [-0.25, -0.2) is 0 Å². The Morgan fingerprint density at radius 1 is 0.724 bits per heavy atom. The van der Waals surface area contributed by atoms with Crippen LogP contribution in [-0.4, -0.2) is 28.4 Å². The van der Waals surface area contributed by atoms with Crippen LogP contribution in [0.25, 0.3) is 38.5 Å². The molecular weight excluding hydrogens is 366 g/mol. The average Bonchev–Trinajstić information content (AvgIpc) is 2.76. The Morgan fingerprint density at radius 3 is 2.00 bits per heavy atom. The average molecular weight is 390 g/mol. The molecule has 0 bridgehead atoms. The molecule has 3 aromatic carbocycles. The molecule has 0 fully saturated rings. The molecule has 5 heteroatoms. The van der Waals surface area contributed by atoms with E-state index in [1.807, 2.05) is 25.3 Å². The van der Waals surface area contributed by atoms with Gasteiger partial charge in [-0.05, 0) is 29.7 Å². The summed E-state index contributed by atoms with van der Waals surface area (Å²) < 4.78 is 24.5. The topological polar surface area (TPSA) is 40.8 Å². The smallest absolute Gasteiger partial charge is 0.220 e. The van der Waals surface area contributed by atoms with Crippen molar-refractivity contribution in [3.63, 3.8) is 0 Å². The van der Waals surface area contributed by atoms with E-state index in [4.69, 9.17) is 18.9 Å². The van der Waals surface area contributed by atoms with Crippen LogP contribution in [0.4, 0.5) is 0 Å². The number of aryl methyl sites for hydroxylation is 1. The Hall–Kier alpha value is -3.47. The number of hydrogen-bond donors (Lipinski definition) is 0. The second-order valence-corrected chi connectivity index (χ2v) is 6.79. The van der Waals surface area contributed by atoms with Gasteiger partial charge >= 0.3 is 0 Å². The molecule has 0 aliphatic heterocycles. The van der Waals surface area contributed by atoms with Crippen molar-refractivity contribution in [2.24, 2.45) is 7.05 Å². The molecule has 4 aromatic rings. The van der Waals surface area contributed by atoms with Gasteiger partial charge in [0.05, 0.1) is 44.6 Å². The molecule has 0 saturated heterocycles. The second-order valence-electron chi connectivity index (χ2n) is 6.79. The Balaban J connectivity index is 2.23. The van der Waals surface area contributed by atoms with Gasteiger partial charge in [-0.15, -0.1) is 0 Å². The zero-order valence-electron chi connectivity index (χ0n) is 17.3. The predicted molar refractivity (Wildman–Crippen MR) is 116 cm³/mol. The normalized spacial score (nSPS) is 11.1. The van der Waals surface area contributed by atoms with Crippen LogP contribution >= 0.6 is 0 Å². The fourth-order valence-corrected chi connectivity index (χ4v) is 4.17. The highest BCUT2D eigenvalue weighted by Gasteiger charge is 2.22. The van der Waals surface area contributed by atoms with E-state index in [0.29, 0.717) is 17.2 Å². The van der Waals surface area contributed by atoms with Crippen molar-refractivity contribution in [1.82, 2.24) is 0 Å². The summed E-state index contributed by atoms with van der Waals surface area (Å²) in [5.74, 6) is 2.79. The number of benzene rings is 3. The van der Waals surface area contributed by atoms with Crippen LogP contribution < -0.4 is 23.5 Å². The Bertz CT molecular complexity index is 1280. The van der Waals surface area contributed by atoms with Gasteiger partial charge in [0.2, 0.25) is 5.52 Å². The minimum Gasteiger partial charge on any atom is -0.493 e. The molecule has 0 atom stereocenters. The van der Waals surface area contributed by atoms with Gasteiger partial charge < -0.3 is 18.9 Å². The van der Waals surface area contributed by atoms with Crippen LogP contribution in [0.2, 0.25) is 0 Å². The molecule has 0 spiro atoms. The number of ether oxygens (including phenoxy) is 4. The first-order chi connectivity index (χ1) is 14.1. The molecule has 4 rings (SSSR count). The summed E-state index contributed by atoms with van der Waals surface area (Å²) in [5.41, 5.74) is 2.00. The third-order valence-electron chi connectivity index (χ3n) is 5.43. The maximum Gasteiger partial charge on any atom is 0.220 e. The van der Waals surface area contributed by atoms with Crippen molar-refractivity contribution in [3.05, 3.63) is 48.7 Å². The third kappa shape index (κ3) is 2.65. The Labute approximate surface area is 169 Å². The summed E-state index contributed by atoms with van der Waals surface area (Å²) in [5, 5.41) is 5.31. The predicted octanol–water partition coefficient (Wildman–Crippen LogP) is 4.65. The molecule has 1 heterocycles. The molecular formula is C24H24NO4+. The highest BCUT2D eigenvalue weighted by Crippen LogP contribution is 2.42. The first-order valence-electron chi connectivity index (χ1n) is 9.26. The fourth-order valence-electron chi connectivity index (χ4n) is 4.17. The van der Waals surface area contributed by atoms with E-state index in [0.717, 1.165) is 43.8 Å². The maximum absolute atomic E-state index is 5.66. The summed E-state index contributed by atoms with van der Waals surface area (Å²) in [4.78, 5) is 0. The highest BCUT2D eigenvalue weighted by atomic mass is 16.5. The van der Waals surface area contributed by atoms with Crippen molar-refractivity contribution in [2.45, 2.75) is 0 Å². The molecule has 0 unspecified atom stereocenters. The largest absolute Gasteiger partial charge is 0.493 e. The molecule has 148 valence electrons. The lowest BCUT2D eigenvalue weighted by atomic mass is 9.97. The van der Waals surface area contributed by atoms with E-state index in [1.165, 1.54) is 0 Å². The van der Waals surface area contributed by atoms with Crippen molar-refractivity contribution in [3.8, 4) is 23.0 Å². The Kier molecular flexibility index (Phi) is 4.66. The number of pyridine rings is 1. The number of fused-ring (bicyclic) bond motifs is 5. The molecule has 0 aliphatic carbocycles. The summed E-state index contributed by atoms with van der Waals surface area (Å²) in [6.45, 7) is 3.99. The first kappa shape index (κ1) is 18.9. The van der Waals surface area contributed by atoms with Gasteiger partial charge in [-0.1, -0.05) is 18.7 Å². The standard InChI is InChI=1S/C24H24NO4/c1-7-14-15-8-9-17-16-10-11-20(26-3)24(29-6)19(16)13-25(2)22(17)18(15)12-21(27-4)23(14)28-5/h7-13H,1H2,2-6H3/q+1. The molecule has 0 saturated carbocycles. The Morgan fingerprint density at radius 2 is 1.38 bits per heavy atom. The number of aromatic nitrogens is 1. The monoisotopic (exact) mass is 390 g/mol. The van der Waals surface area contributed by atoms with Crippen LogP contribution in [0, 0.1) is 0 Å². The lowest BCUT2D eigenvalue weighted by molar-refractivity contribution is -0.642. The van der Waals surface area contributed by atoms with E-state index >= 15 is 0 Å². The summed E-state index contributed by atoms with van der Waals surface area (Å²) >= 11 is 0. The molecule has 0 aliphatic rings. The number of rotatable bonds is 5. The zero-order chi connectivity index (χ0) is 20.7. The first-order valence-corrected chi connectivity index (χ1v) is 9.26. The van der Waals surface area contributed by atoms with E-state index in [9.17, 15) is 0 Å². The van der Waals surface area contributed by atoms with Crippen LogP contribution in [0.1, 0.15) is 5.56 Å². The third-order valence-corrected chi connectivity index (χ3v) is 5.43. The molecule has 1 aromatic heterocycles. The van der Waals surface area contributed by atoms with Crippen molar-refractivity contribution in [2.75, 3.05) is 28.4 Å². The van der Waals surface area contributed by atoms with Crippen LogP contribution in [-0.2, 0) is 7.05 Å². The van der Waals surface area contributed by atoms with Gasteiger partial charge in [0.1, 0.15) is 7.05 Å². The molecule has 29 heavy (non-hydrogen) atoms. The van der Waals surface area contributed by atoms with E-state index < -0.39 is 0 Å². The molecule has 0 amide bonds. The van der Waals surface area contributed by atoms with E-state index in [2.05, 4.69) is 35.5 Å². The number of nitrogens with zero attached hydrogens (tertiary/aromatic N) is 1. The lowest BCUT2D eigenvalue weighted by Gasteiger charge is -2.15. The van der Waals surface area contributed by atoms with E-state index in [1.54, 1.807) is 28.4 Å². The summed E-state index contributed by atoms with van der Waals surface area (Å²) in [6, 6.07) is 10.3. The zero-order valence-corrected chi connectivity index (χ0v) is 17.3. The SMILES string of the molecule is C=Cc1c(OC)c(OC)cc2c1ccc1c3ccc(OC)c(OC)c3c[n+](C)c21. The quantitative estimate of drug-likeness (QED) is 0.367. The molecule has 5 nitrogen and oxygen atoms in total. The lowest BCUT2D eigenvalue weighted by Crippen LogP contribution is -2.28. The minimum absolute atomic E-state index is 0.676.